The molecular weight excluding hydrogens is 324 g/mol. The Labute approximate surface area is 155 Å². The molecule has 138 valence electrons. The van der Waals surface area contributed by atoms with Crippen LogP contribution in [-0.2, 0) is 4.74 Å². The van der Waals surface area contributed by atoms with E-state index >= 15 is 0 Å². The molecule has 0 bridgehead atoms. The van der Waals surface area contributed by atoms with Crippen LogP contribution in [0.4, 0.5) is 4.79 Å². The van der Waals surface area contributed by atoms with Gasteiger partial charge in [-0.1, -0.05) is 30.4 Å². The molecule has 1 saturated heterocycles. The topological polar surface area (TPSA) is 42.4 Å². The Morgan fingerprint density at radius 1 is 1.19 bits per heavy atom. The van der Waals surface area contributed by atoms with Gasteiger partial charge in [-0.15, -0.1) is 0 Å². The van der Waals surface area contributed by atoms with Crippen molar-refractivity contribution in [3.8, 4) is 0 Å². The summed E-state index contributed by atoms with van der Waals surface area (Å²) in [4.78, 5) is 19.1. The van der Waals surface area contributed by atoms with Gasteiger partial charge in [0, 0.05) is 24.4 Å². The molecule has 1 saturated carbocycles. The molecule has 2 unspecified atom stereocenters. The second kappa shape index (κ2) is 6.90. The van der Waals surface area contributed by atoms with Crippen molar-refractivity contribution in [2.24, 2.45) is 5.92 Å². The first kappa shape index (κ1) is 17.3. The fourth-order valence-electron chi connectivity index (χ4n) is 5.02. The molecule has 0 N–H and O–H groups in total. The second-order valence-corrected chi connectivity index (χ2v) is 8.33. The molecule has 4 heteroatoms. The van der Waals surface area contributed by atoms with E-state index in [9.17, 15) is 4.79 Å². The van der Waals surface area contributed by atoms with Gasteiger partial charge in [0.1, 0.15) is 5.60 Å². The molecule has 0 radical (unpaired) electrons. The molecule has 3 aliphatic rings. The van der Waals surface area contributed by atoms with Gasteiger partial charge in [-0.05, 0) is 63.5 Å². The van der Waals surface area contributed by atoms with Crippen molar-refractivity contribution in [1.29, 1.82) is 0 Å². The van der Waals surface area contributed by atoms with Gasteiger partial charge < -0.3 is 4.74 Å². The molecule has 0 aromatic carbocycles. The summed E-state index contributed by atoms with van der Waals surface area (Å²) in [6.07, 6.45) is 17.6. The quantitative estimate of drug-likeness (QED) is 0.782. The van der Waals surface area contributed by atoms with E-state index in [1.54, 1.807) is 0 Å². The van der Waals surface area contributed by atoms with Crippen LogP contribution in [-0.4, -0.2) is 33.7 Å². The van der Waals surface area contributed by atoms with Crippen LogP contribution >= 0.6 is 0 Å². The zero-order valence-corrected chi connectivity index (χ0v) is 15.7. The fourth-order valence-corrected chi connectivity index (χ4v) is 5.02. The summed E-state index contributed by atoms with van der Waals surface area (Å²) in [5.74, 6) is 0.889. The Bertz CT molecular complexity index is 702. The zero-order valence-electron chi connectivity index (χ0n) is 15.7. The molecule has 1 aromatic heterocycles. The minimum absolute atomic E-state index is 0.108. The standard InChI is InChI=1S/C22H28N2O2/c1-22(2)20(17-7-4-3-5-8-17)24(21(25)26-22)19-12-10-16(11-13-19)18-9-6-14-23-15-18/h3-7,9,14-17,19-20H,8,10-13H2,1-2H3. The third kappa shape index (κ3) is 3.17. The maximum absolute atomic E-state index is 12.7. The van der Waals surface area contributed by atoms with Crippen LogP contribution in [0.25, 0.3) is 0 Å². The van der Waals surface area contributed by atoms with Gasteiger partial charge in [0.15, 0.2) is 0 Å². The van der Waals surface area contributed by atoms with Crippen molar-refractivity contribution < 1.29 is 9.53 Å². The Kier molecular flexibility index (Phi) is 4.60. The third-order valence-electron chi connectivity index (χ3n) is 6.24. The summed E-state index contributed by atoms with van der Waals surface area (Å²) in [6.45, 7) is 4.12. The van der Waals surface area contributed by atoms with Crippen LogP contribution in [0.1, 0.15) is 57.4 Å². The van der Waals surface area contributed by atoms with Gasteiger partial charge in [-0.25, -0.2) is 4.79 Å². The Morgan fingerprint density at radius 3 is 2.65 bits per heavy atom. The minimum Gasteiger partial charge on any atom is -0.441 e. The molecule has 2 fully saturated rings. The van der Waals surface area contributed by atoms with E-state index < -0.39 is 5.60 Å². The highest BCUT2D eigenvalue weighted by atomic mass is 16.6. The van der Waals surface area contributed by atoms with Crippen molar-refractivity contribution >= 4 is 6.09 Å². The molecule has 0 spiro atoms. The van der Waals surface area contributed by atoms with E-state index in [0.717, 1.165) is 32.1 Å². The molecule has 2 atom stereocenters. The lowest BCUT2D eigenvalue weighted by Crippen LogP contribution is -2.51. The van der Waals surface area contributed by atoms with Crippen LogP contribution in [0, 0.1) is 5.92 Å². The highest BCUT2D eigenvalue weighted by Crippen LogP contribution is 2.43. The van der Waals surface area contributed by atoms with E-state index in [1.165, 1.54) is 5.56 Å². The first-order valence-corrected chi connectivity index (χ1v) is 9.81. The lowest BCUT2D eigenvalue weighted by atomic mass is 9.78. The molecule has 2 aliphatic carbocycles. The van der Waals surface area contributed by atoms with Crippen LogP contribution in [0.5, 0.6) is 0 Å². The highest BCUT2D eigenvalue weighted by molar-refractivity contribution is 5.72. The smallest absolute Gasteiger partial charge is 0.411 e. The summed E-state index contributed by atoms with van der Waals surface area (Å²) in [5.41, 5.74) is 0.879. The first-order valence-electron chi connectivity index (χ1n) is 9.81. The molecule has 1 amide bonds. The first-order chi connectivity index (χ1) is 12.6. The van der Waals surface area contributed by atoms with Gasteiger partial charge in [0.05, 0.1) is 6.04 Å². The molecule has 26 heavy (non-hydrogen) atoms. The van der Waals surface area contributed by atoms with Crippen molar-refractivity contribution in [3.05, 3.63) is 54.4 Å². The van der Waals surface area contributed by atoms with Crippen LogP contribution in [0.15, 0.2) is 48.8 Å². The van der Waals surface area contributed by atoms with Crippen LogP contribution in [0.2, 0.25) is 0 Å². The maximum Gasteiger partial charge on any atom is 0.411 e. The summed E-state index contributed by atoms with van der Waals surface area (Å²) >= 11 is 0. The van der Waals surface area contributed by atoms with Crippen molar-refractivity contribution in [2.45, 2.75) is 69.6 Å². The van der Waals surface area contributed by atoms with Gasteiger partial charge in [0.25, 0.3) is 0 Å². The van der Waals surface area contributed by atoms with E-state index in [2.05, 4.69) is 54.1 Å². The number of nitrogens with zero attached hydrogens (tertiary/aromatic N) is 2. The second-order valence-electron chi connectivity index (χ2n) is 8.33. The Morgan fingerprint density at radius 2 is 2.00 bits per heavy atom. The van der Waals surface area contributed by atoms with Crippen molar-refractivity contribution in [1.82, 2.24) is 9.88 Å². The summed E-state index contributed by atoms with van der Waals surface area (Å²) < 4.78 is 5.81. The number of amides is 1. The van der Waals surface area contributed by atoms with Crippen LogP contribution < -0.4 is 0 Å². The Hall–Kier alpha value is -2.10. The predicted octanol–water partition coefficient (Wildman–Crippen LogP) is 4.84. The van der Waals surface area contributed by atoms with E-state index in [-0.39, 0.29) is 18.2 Å². The van der Waals surface area contributed by atoms with E-state index in [4.69, 9.17) is 4.74 Å². The van der Waals surface area contributed by atoms with Gasteiger partial charge in [-0.3, -0.25) is 9.88 Å². The largest absolute Gasteiger partial charge is 0.441 e. The average Bonchev–Trinajstić information content (AvgIpc) is 2.91. The number of allylic oxidation sites excluding steroid dienone is 3. The molecule has 2 heterocycles. The number of pyridine rings is 1. The van der Waals surface area contributed by atoms with Gasteiger partial charge >= 0.3 is 6.09 Å². The fraction of sp³-hybridized carbons (Fsp3) is 0.545. The molecule has 4 nitrogen and oxygen atoms in total. The number of carbonyl (C=O) groups excluding carboxylic acids is 1. The highest BCUT2D eigenvalue weighted by Gasteiger charge is 2.53. The molecule has 4 rings (SSSR count). The number of rotatable bonds is 3. The third-order valence-corrected chi connectivity index (χ3v) is 6.24. The lowest BCUT2D eigenvalue weighted by Gasteiger charge is -2.41. The maximum atomic E-state index is 12.7. The summed E-state index contributed by atoms with van der Waals surface area (Å²) in [7, 11) is 0. The number of hydrogen-bond donors (Lipinski definition) is 0. The zero-order chi connectivity index (χ0) is 18.1. The van der Waals surface area contributed by atoms with Crippen molar-refractivity contribution in [3.63, 3.8) is 0 Å². The summed E-state index contributed by atoms with van der Waals surface area (Å²) in [5, 5.41) is 0. The number of cyclic esters (lactones) is 1. The van der Waals surface area contributed by atoms with Gasteiger partial charge in [0.2, 0.25) is 0 Å². The normalized spacial score (nSPS) is 33.3. The number of ether oxygens (including phenoxy) is 1. The van der Waals surface area contributed by atoms with E-state index in [1.807, 2.05) is 18.5 Å². The predicted molar refractivity (Wildman–Crippen MR) is 102 cm³/mol. The lowest BCUT2D eigenvalue weighted by molar-refractivity contribution is 0.0528. The SMILES string of the molecule is CC1(C)OC(=O)N(C2CCC(c3cccnc3)CC2)C1C1C=CC=CC1. The van der Waals surface area contributed by atoms with Crippen molar-refractivity contribution in [2.75, 3.05) is 0 Å². The number of hydrogen-bond acceptors (Lipinski definition) is 3. The summed E-state index contributed by atoms with van der Waals surface area (Å²) in [6, 6.07) is 4.58. The average molecular weight is 352 g/mol. The Balaban J connectivity index is 1.50. The molecule has 1 aliphatic heterocycles. The van der Waals surface area contributed by atoms with Crippen LogP contribution in [0.3, 0.4) is 0 Å². The van der Waals surface area contributed by atoms with E-state index in [0.29, 0.717) is 11.8 Å². The van der Waals surface area contributed by atoms with Gasteiger partial charge in [-0.2, -0.15) is 0 Å². The monoisotopic (exact) mass is 352 g/mol. The number of carbonyl (C=O) groups is 1. The minimum atomic E-state index is -0.447. The molecule has 1 aromatic rings. The molecular formula is C22H28N2O2. The number of aromatic nitrogens is 1.